The summed E-state index contributed by atoms with van der Waals surface area (Å²) in [6.45, 7) is 6.85. The van der Waals surface area contributed by atoms with Crippen LogP contribution in [0.25, 0.3) is 21.6 Å². The molecule has 3 aromatic heterocycles. The molecule has 104 valence electrons. The third-order valence-electron chi connectivity index (χ3n) is 2.80. The van der Waals surface area contributed by atoms with Gasteiger partial charge in [-0.15, -0.1) is 11.3 Å². The lowest BCUT2D eigenvalue weighted by atomic mass is 10.1. The molecule has 0 saturated heterocycles. The van der Waals surface area contributed by atoms with Gasteiger partial charge in [0.25, 0.3) is 0 Å². The van der Waals surface area contributed by atoms with Gasteiger partial charge in [0.15, 0.2) is 0 Å². The van der Waals surface area contributed by atoms with Crippen molar-refractivity contribution in [2.24, 2.45) is 0 Å². The summed E-state index contributed by atoms with van der Waals surface area (Å²) in [6, 6.07) is 4.04. The Hall–Kier alpha value is -1.79. The van der Waals surface area contributed by atoms with Gasteiger partial charge in [-0.1, -0.05) is 5.16 Å². The first-order valence-electron chi connectivity index (χ1n) is 6.42. The van der Waals surface area contributed by atoms with Crippen molar-refractivity contribution in [3.63, 3.8) is 0 Å². The SMILES string of the molecule is CC(C)(C)NCc1nc(-c2cnc3ccsc3c2)no1. The average molecular weight is 288 g/mol. The van der Waals surface area contributed by atoms with E-state index < -0.39 is 0 Å². The van der Waals surface area contributed by atoms with Crippen LogP contribution < -0.4 is 5.32 Å². The summed E-state index contributed by atoms with van der Waals surface area (Å²) in [5, 5.41) is 9.36. The minimum absolute atomic E-state index is 0.0199. The predicted octanol–water partition coefficient (Wildman–Crippen LogP) is 3.23. The van der Waals surface area contributed by atoms with Crippen molar-refractivity contribution in [1.29, 1.82) is 0 Å². The van der Waals surface area contributed by atoms with E-state index in [-0.39, 0.29) is 5.54 Å². The standard InChI is InChI=1S/C14H16N4OS/c1-14(2,3)16-8-12-17-13(18-19-12)9-6-11-10(15-7-9)4-5-20-11/h4-7,16H,8H2,1-3H3. The second kappa shape index (κ2) is 4.96. The Bertz CT molecular complexity index is 726. The Balaban J connectivity index is 1.82. The van der Waals surface area contributed by atoms with Crippen molar-refractivity contribution >= 4 is 21.6 Å². The largest absolute Gasteiger partial charge is 0.338 e. The van der Waals surface area contributed by atoms with Gasteiger partial charge in [0.1, 0.15) is 0 Å². The van der Waals surface area contributed by atoms with Crippen molar-refractivity contribution in [2.75, 3.05) is 0 Å². The Morgan fingerprint density at radius 3 is 3.00 bits per heavy atom. The van der Waals surface area contributed by atoms with Crippen molar-refractivity contribution in [3.05, 3.63) is 29.6 Å². The number of nitrogens with one attached hydrogen (secondary N) is 1. The topological polar surface area (TPSA) is 63.8 Å². The van der Waals surface area contributed by atoms with Gasteiger partial charge in [-0.2, -0.15) is 4.98 Å². The fourth-order valence-corrected chi connectivity index (χ4v) is 2.53. The number of pyridine rings is 1. The van der Waals surface area contributed by atoms with Crippen molar-refractivity contribution in [1.82, 2.24) is 20.4 Å². The first kappa shape index (κ1) is 13.2. The molecule has 3 aromatic rings. The van der Waals surface area contributed by atoms with Crippen molar-refractivity contribution in [2.45, 2.75) is 32.9 Å². The molecule has 20 heavy (non-hydrogen) atoms. The number of rotatable bonds is 3. The molecule has 0 aliphatic carbocycles. The number of nitrogens with zero attached hydrogens (tertiary/aromatic N) is 3. The summed E-state index contributed by atoms with van der Waals surface area (Å²) >= 11 is 1.66. The van der Waals surface area contributed by atoms with E-state index in [0.29, 0.717) is 18.3 Å². The van der Waals surface area contributed by atoms with E-state index in [2.05, 4.69) is 41.2 Å². The van der Waals surface area contributed by atoms with Gasteiger partial charge in [-0.05, 0) is 38.3 Å². The fraction of sp³-hybridized carbons (Fsp3) is 0.357. The Labute approximate surface area is 121 Å². The normalized spacial score (nSPS) is 12.2. The summed E-state index contributed by atoms with van der Waals surface area (Å²) in [6.07, 6.45) is 1.78. The van der Waals surface area contributed by atoms with Crippen molar-refractivity contribution < 1.29 is 4.52 Å². The molecule has 0 unspecified atom stereocenters. The molecule has 0 amide bonds. The quantitative estimate of drug-likeness (QED) is 0.801. The van der Waals surface area contributed by atoms with E-state index in [1.807, 2.05) is 17.5 Å². The van der Waals surface area contributed by atoms with E-state index in [1.165, 1.54) is 0 Å². The molecule has 0 saturated carbocycles. The van der Waals surface area contributed by atoms with Crippen molar-refractivity contribution in [3.8, 4) is 11.4 Å². The van der Waals surface area contributed by atoms with Crippen LogP contribution in [-0.4, -0.2) is 20.7 Å². The third kappa shape index (κ3) is 2.86. The van der Waals surface area contributed by atoms with Gasteiger partial charge in [-0.25, -0.2) is 0 Å². The maximum Gasteiger partial charge on any atom is 0.240 e. The first-order chi connectivity index (χ1) is 9.51. The van der Waals surface area contributed by atoms with Crippen LogP contribution in [0.2, 0.25) is 0 Å². The summed E-state index contributed by atoms with van der Waals surface area (Å²) in [5.41, 5.74) is 1.90. The lowest BCUT2D eigenvalue weighted by Gasteiger charge is -2.18. The highest BCUT2D eigenvalue weighted by Gasteiger charge is 2.13. The number of fused-ring (bicyclic) bond motifs is 1. The molecular formula is C14H16N4OS. The van der Waals surface area contributed by atoms with E-state index in [0.717, 1.165) is 15.8 Å². The fourth-order valence-electron chi connectivity index (χ4n) is 1.75. The Morgan fingerprint density at radius 1 is 1.35 bits per heavy atom. The molecule has 5 nitrogen and oxygen atoms in total. The second-order valence-corrected chi connectivity index (χ2v) is 6.59. The van der Waals surface area contributed by atoms with Crippen LogP contribution in [0, 0.1) is 0 Å². The molecule has 0 aromatic carbocycles. The summed E-state index contributed by atoms with van der Waals surface area (Å²) < 4.78 is 6.39. The minimum Gasteiger partial charge on any atom is -0.338 e. The van der Waals surface area contributed by atoms with E-state index in [9.17, 15) is 0 Å². The molecule has 0 aliphatic rings. The van der Waals surface area contributed by atoms with Gasteiger partial charge < -0.3 is 9.84 Å². The van der Waals surface area contributed by atoms with Gasteiger partial charge in [0, 0.05) is 17.3 Å². The Morgan fingerprint density at radius 2 is 2.20 bits per heavy atom. The predicted molar refractivity (Wildman–Crippen MR) is 79.5 cm³/mol. The number of hydrogen-bond donors (Lipinski definition) is 1. The van der Waals surface area contributed by atoms with Gasteiger partial charge in [0.05, 0.1) is 16.8 Å². The van der Waals surface area contributed by atoms with Crippen LogP contribution in [0.5, 0.6) is 0 Å². The molecule has 0 fully saturated rings. The Kier molecular flexibility index (Phi) is 3.27. The number of thiophene rings is 1. The molecule has 3 rings (SSSR count). The highest BCUT2D eigenvalue weighted by atomic mass is 32.1. The highest BCUT2D eigenvalue weighted by molar-refractivity contribution is 7.17. The van der Waals surface area contributed by atoms with Crippen LogP contribution in [0.1, 0.15) is 26.7 Å². The van der Waals surface area contributed by atoms with E-state index in [4.69, 9.17) is 4.52 Å². The number of hydrogen-bond acceptors (Lipinski definition) is 6. The highest BCUT2D eigenvalue weighted by Crippen LogP contribution is 2.24. The molecule has 0 spiro atoms. The second-order valence-electron chi connectivity index (χ2n) is 5.64. The maximum atomic E-state index is 5.26. The van der Waals surface area contributed by atoms with Crippen LogP contribution in [0.15, 0.2) is 28.2 Å². The molecule has 0 radical (unpaired) electrons. The molecule has 6 heteroatoms. The summed E-state index contributed by atoms with van der Waals surface area (Å²) in [4.78, 5) is 8.78. The van der Waals surface area contributed by atoms with E-state index >= 15 is 0 Å². The zero-order chi connectivity index (χ0) is 14.2. The molecule has 1 N–H and O–H groups in total. The molecule has 3 heterocycles. The number of aromatic nitrogens is 3. The monoisotopic (exact) mass is 288 g/mol. The van der Waals surface area contributed by atoms with Gasteiger partial charge in [0.2, 0.25) is 11.7 Å². The van der Waals surface area contributed by atoms with Gasteiger partial charge in [-0.3, -0.25) is 4.98 Å². The van der Waals surface area contributed by atoms with Crippen LogP contribution in [0.4, 0.5) is 0 Å². The molecule has 0 aliphatic heterocycles. The van der Waals surface area contributed by atoms with Gasteiger partial charge >= 0.3 is 0 Å². The molecule has 0 bridgehead atoms. The zero-order valence-corrected chi connectivity index (χ0v) is 12.5. The smallest absolute Gasteiger partial charge is 0.240 e. The lowest BCUT2D eigenvalue weighted by Crippen LogP contribution is -2.35. The van der Waals surface area contributed by atoms with Crippen LogP contribution in [0.3, 0.4) is 0 Å². The van der Waals surface area contributed by atoms with E-state index in [1.54, 1.807) is 17.5 Å². The summed E-state index contributed by atoms with van der Waals surface area (Å²) in [5.74, 6) is 1.17. The van der Waals surface area contributed by atoms with Crippen LogP contribution >= 0.6 is 11.3 Å². The summed E-state index contributed by atoms with van der Waals surface area (Å²) in [7, 11) is 0. The zero-order valence-electron chi connectivity index (χ0n) is 11.7. The maximum absolute atomic E-state index is 5.26. The van der Waals surface area contributed by atoms with Crippen LogP contribution in [-0.2, 0) is 6.54 Å². The lowest BCUT2D eigenvalue weighted by molar-refractivity contribution is 0.336. The molecule has 0 atom stereocenters. The first-order valence-corrected chi connectivity index (χ1v) is 7.30. The minimum atomic E-state index is 0.0199. The molecular weight excluding hydrogens is 272 g/mol. The average Bonchev–Trinajstić information content (AvgIpc) is 3.03. The third-order valence-corrected chi connectivity index (χ3v) is 3.65.